The summed E-state index contributed by atoms with van der Waals surface area (Å²) in [6.45, 7) is 0. The van der Waals surface area contributed by atoms with Gasteiger partial charge in [-0.2, -0.15) is 13.2 Å². The summed E-state index contributed by atoms with van der Waals surface area (Å²) in [5.41, 5.74) is 0.373. The van der Waals surface area contributed by atoms with Gasteiger partial charge in [0.25, 0.3) is 0 Å². The van der Waals surface area contributed by atoms with E-state index in [0.29, 0.717) is 11.1 Å². The molecule has 1 N–H and O–H groups in total. The number of benzene rings is 2. The van der Waals surface area contributed by atoms with Gasteiger partial charge in [-0.25, -0.2) is 4.79 Å². The van der Waals surface area contributed by atoms with E-state index in [1.807, 2.05) is 0 Å². The van der Waals surface area contributed by atoms with Crippen LogP contribution in [0.25, 0.3) is 0 Å². The van der Waals surface area contributed by atoms with Gasteiger partial charge in [-0.15, -0.1) is 0 Å². The van der Waals surface area contributed by atoms with Crippen LogP contribution in [0.3, 0.4) is 0 Å². The van der Waals surface area contributed by atoms with E-state index in [-0.39, 0.29) is 12.0 Å². The molecule has 0 spiro atoms. The number of ketones is 2. The van der Waals surface area contributed by atoms with Gasteiger partial charge in [-0.1, -0.05) is 36.4 Å². The molecule has 0 saturated heterocycles. The molecule has 25 heavy (non-hydrogen) atoms. The van der Waals surface area contributed by atoms with Crippen LogP contribution in [-0.4, -0.2) is 22.6 Å². The Morgan fingerprint density at radius 1 is 0.920 bits per heavy atom. The van der Waals surface area contributed by atoms with Gasteiger partial charge >= 0.3 is 12.1 Å². The average Bonchev–Trinajstić information content (AvgIpc) is 2.54. The highest BCUT2D eigenvalue weighted by Gasteiger charge is 2.30. The predicted molar refractivity (Wildman–Crippen MR) is 82.3 cm³/mol. The maximum absolute atomic E-state index is 12.7. The van der Waals surface area contributed by atoms with Crippen molar-refractivity contribution in [2.45, 2.75) is 19.0 Å². The van der Waals surface area contributed by atoms with Crippen LogP contribution in [0, 0.1) is 0 Å². The Labute approximate surface area is 140 Å². The van der Waals surface area contributed by atoms with Gasteiger partial charge in [0, 0.05) is 5.56 Å². The highest BCUT2D eigenvalue weighted by Crippen LogP contribution is 2.30. The third kappa shape index (κ3) is 5.00. The summed E-state index contributed by atoms with van der Waals surface area (Å²) in [4.78, 5) is 33.5. The van der Waals surface area contributed by atoms with Crippen molar-refractivity contribution in [2.75, 3.05) is 0 Å². The minimum absolute atomic E-state index is 0.138. The summed E-state index contributed by atoms with van der Waals surface area (Å²) in [5, 5.41) is 8.53. The van der Waals surface area contributed by atoms with Crippen molar-refractivity contribution in [3.05, 3.63) is 70.8 Å². The number of carboxylic acids is 1. The SMILES string of the molecule is O=C(O)C(=O)CC(=O)c1cccc(Cc2cccc(C(F)(F)F)c2)c1. The van der Waals surface area contributed by atoms with E-state index < -0.39 is 35.7 Å². The number of Topliss-reactive ketones (excluding diaryl/α,β-unsaturated/α-hetero) is 2. The van der Waals surface area contributed by atoms with Gasteiger partial charge in [0.05, 0.1) is 12.0 Å². The Morgan fingerprint density at radius 3 is 2.12 bits per heavy atom. The second kappa shape index (κ2) is 7.29. The van der Waals surface area contributed by atoms with Crippen molar-refractivity contribution in [1.82, 2.24) is 0 Å². The summed E-state index contributed by atoms with van der Waals surface area (Å²) < 4.78 is 38.2. The topological polar surface area (TPSA) is 71.4 Å². The van der Waals surface area contributed by atoms with Gasteiger partial charge in [0.1, 0.15) is 0 Å². The Bertz CT molecular complexity index is 825. The molecular weight excluding hydrogens is 337 g/mol. The Kier molecular flexibility index (Phi) is 5.36. The number of hydrogen-bond donors (Lipinski definition) is 1. The predicted octanol–water partition coefficient (Wildman–Crippen LogP) is 3.52. The van der Waals surface area contributed by atoms with Gasteiger partial charge in [0.15, 0.2) is 5.78 Å². The lowest BCUT2D eigenvalue weighted by Crippen LogP contribution is -2.17. The minimum atomic E-state index is -4.44. The number of hydrogen-bond acceptors (Lipinski definition) is 3. The highest BCUT2D eigenvalue weighted by molar-refractivity contribution is 6.37. The van der Waals surface area contributed by atoms with Crippen LogP contribution in [0.4, 0.5) is 13.2 Å². The number of rotatable bonds is 6. The molecule has 0 unspecified atom stereocenters. The summed E-state index contributed by atoms with van der Waals surface area (Å²) in [7, 11) is 0. The lowest BCUT2D eigenvalue weighted by molar-refractivity contribution is -0.148. The monoisotopic (exact) mass is 350 g/mol. The van der Waals surface area contributed by atoms with Crippen molar-refractivity contribution in [1.29, 1.82) is 0 Å². The standard InChI is InChI=1S/C18H13F3O4/c19-18(20,21)14-6-2-4-12(9-14)7-11-3-1-5-13(8-11)15(22)10-16(23)17(24)25/h1-6,8-9H,7,10H2,(H,24,25). The number of carbonyl (C=O) groups is 3. The van der Waals surface area contributed by atoms with E-state index in [9.17, 15) is 27.6 Å². The number of aliphatic carboxylic acids is 1. The first kappa shape index (κ1) is 18.4. The first-order chi connectivity index (χ1) is 11.7. The number of carbonyl (C=O) groups excluding carboxylic acids is 2. The smallest absolute Gasteiger partial charge is 0.416 e. The van der Waals surface area contributed by atoms with Crippen LogP contribution >= 0.6 is 0 Å². The highest BCUT2D eigenvalue weighted by atomic mass is 19.4. The second-order valence-electron chi connectivity index (χ2n) is 5.40. The average molecular weight is 350 g/mol. The third-order valence-electron chi connectivity index (χ3n) is 3.47. The fraction of sp³-hybridized carbons (Fsp3) is 0.167. The van der Waals surface area contributed by atoms with Crippen LogP contribution in [0.1, 0.15) is 33.5 Å². The van der Waals surface area contributed by atoms with Crippen LogP contribution in [0.15, 0.2) is 48.5 Å². The normalized spacial score (nSPS) is 11.2. The molecule has 0 heterocycles. The maximum atomic E-state index is 12.7. The molecule has 2 rings (SSSR count). The molecule has 0 saturated carbocycles. The molecule has 0 aromatic heterocycles. The van der Waals surface area contributed by atoms with E-state index in [1.54, 1.807) is 6.07 Å². The van der Waals surface area contributed by atoms with Crippen LogP contribution in [0.5, 0.6) is 0 Å². The molecule has 0 aliphatic heterocycles. The molecule has 7 heteroatoms. The summed E-state index contributed by atoms with van der Waals surface area (Å²) in [5.74, 6) is -3.56. The van der Waals surface area contributed by atoms with E-state index in [0.717, 1.165) is 12.1 Å². The lowest BCUT2D eigenvalue weighted by Gasteiger charge is -2.09. The van der Waals surface area contributed by atoms with Crippen molar-refractivity contribution in [3.63, 3.8) is 0 Å². The first-order valence-electron chi connectivity index (χ1n) is 7.21. The second-order valence-corrected chi connectivity index (χ2v) is 5.40. The van der Waals surface area contributed by atoms with E-state index in [1.165, 1.54) is 30.3 Å². The van der Waals surface area contributed by atoms with Crippen LogP contribution in [0.2, 0.25) is 0 Å². The lowest BCUT2D eigenvalue weighted by atomic mass is 9.98. The fourth-order valence-corrected chi connectivity index (χ4v) is 2.27. The molecule has 0 radical (unpaired) electrons. The molecule has 0 aliphatic rings. The van der Waals surface area contributed by atoms with Gasteiger partial charge in [-0.05, 0) is 29.7 Å². The molecule has 0 amide bonds. The van der Waals surface area contributed by atoms with Crippen molar-refractivity contribution in [2.24, 2.45) is 0 Å². The summed E-state index contributed by atoms with van der Waals surface area (Å²) in [6.07, 6.45) is -5.04. The van der Waals surface area contributed by atoms with E-state index in [2.05, 4.69) is 0 Å². The Balaban J connectivity index is 2.18. The first-order valence-corrected chi connectivity index (χ1v) is 7.21. The largest absolute Gasteiger partial charge is 0.475 e. The summed E-state index contributed by atoms with van der Waals surface area (Å²) >= 11 is 0. The number of carboxylic acid groups (broad SMARTS) is 1. The zero-order chi connectivity index (χ0) is 18.6. The van der Waals surface area contributed by atoms with E-state index >= 15 is 0 Å². The molecule has 4 nitrogen and oxygen atoms in total. The third-order valence-corrected chi connectivity index (χ3v) is 3.47. The van der Waals surface area contributed by atoms with Crippen molar-refractivity contribution >= 4 is 17.5 Å². The van der Waals surface area contributed by atoms with Crippen LogP contribution in [-0.2, 0) is 22.2 Å². The molecular formula is C18H13F3O4. The molecule has 0 atom stereocenters. The number of alkyl halides is 3. The molecule has 130 valence electrons. The number of halogens is 3. The maximum Gasteiger partial charge on any atom is 0.416 e. The van der Waals surface area contributed by atoms with Crippen LogP contribution < -0.4 is 0 Å². The van der Waals surface area contributed by atoms with Gasteiger partial charge in [0.2, 0.25) is 5.78 Å². The van der Waals surface area contributed by atoms with Crippen molar-refractivity contribution in [3.8, 4) is 0 Å². The Morgan fingerprint density at radius 2 is 1.52 bits per heavy atom. The molecule has 0 bridgehead atoms. The van der Waals surface area contributed by atoms with E-state index in [4.69, 9.17) is 5.11 Å². The summed E-state index contributed by atoms with van der Waals surface area (Å²) in [6, 6.07) is 10.9. The van der Waals surface area contributed by atoms with Gasteiger partial charge < -0.3 is 5.11 Å². The zero-order valence-corrected chi connectivity index (χ0v) is 12.8. The van der Waals surface area contributed by atoms with Crippen molar-refractivity contribution < 1.29 is 32.7 Å². The molecule has 2 aromatic rings. The molecule has 0 fully saturated rings. The fourth-order valence-electron chi connectivity index (χ4n) is 2.27. The Hall–Kier alpha value is -2.96. The molecule has 0 aliphatic carbocycles. The minimum Gasteiger partial charge on any atom is -0.475 e. The molecule has 2 aromatic carbocycles. The zero-order valence-electron chi connectivity index (χ0n) is 12.8. The van der Waals surface area contributed by atoms with Gasteiger partial charge in [-0.3, -0.25) is 9.59 Å². The quantitative estimate of drug-likeness (QED) is 0.492.